The van der Waals surface area contributed by atoms with Crippen molar-refractivity contribution in [3.05, 3.63) is 63.4 Å². The summed E-state index contributed by atoms with van der Waals surface area (Å²) in [5.74, 6) is -1.05. The molecule has 1 heterocycles. The highest BCUT2D eigenvalue weighted by Crippen LogP contribution is 2.34. The fourth-order valence-electron chi connectivity index (χ4n) is 3.23. The fraction of sp³-hybridized carbons (Fsp3) is 0.300. The third kappa shape index (κ3) is 4.23. The van der Waals surface area contributed by atoms with Crippen LogP contribution in [0.25, 0.3) is 0 Å². The Morgan fingerprint density at radius 3 is 2.39 bits per heavy atom. The molecule has 0 aromatic heterocycles. The zero-order valence-corrected chi connectivity index (χ0v) is 16.7. The molecule has 0 aliphatic carbocycles. The molecular weight excluding hydrogens is 406 g/mol. The average molecular weight is 425 g/mol. The molecule has 0 atom stereocenters. The van der Waals surface area contributed by atoms with E-state index in [0.29, 0.717) is 31.0 Å². The van der Waals surface area contributed by atoms with Gasteiger partial charge in [-0.25, -0.2) is 4.39 Å². The number of ether oxygens (including phenoxy) is 1. The van der Waals surface area contributed by atoms with Crippen molar-refractivity contribution in [3.8, 4) is 5.75 Å². The predicted molar refractivity (Wildman–Crippen MR) is 106 cm³/mol. The highest BCUT2D eigenvalue weighted by molar-refractivity contribution is 6.37. The lowest BCUT2D eigenvalue weighted by Gasteiger charge is -2.32. The number of rotatable bonds is 4. The van der Waals surface area contributed by atoms with Crippen molar-refractivity contribution in [2.24, 2.45) is 0 Å². The number of nitrogens with one attached hydrogen (secondary N) is 1. The smallest absolute Gasteiger partial charge is 0.256 e. The maximum absolute atomic E-state index is 13.8. The number of piperidine rings is 1. The maximum atomic E-state index is 13.8. The van der Waals surface area contributed by atoms with E-state index in [1.807, 2.05) is 0 Å². The monoisotopic (exact) mass is 424 g/mol. The van der Waals surface area contributed by atoms with Crippen molar-refractivity contribution in [1.82, 2.24) is 10.2 Å². The van der Waals surface area contributed by atoms with Crippen molar-refractivity contribution in [2.75, 3.05) is 20.2 Å². The highest BCUT2D eigenvalue weighted by Gasteiger charge is 2.28. The normalized spacial score (nSPS) is 14.6. The Hall–Kier alpha value is -2.31. The molecule has 0 spiro atoms. The predicted octanol–water partition coefficient (Wildman–Crippen LogP) is 4.18. The van der Waals surface area contributed by atoms with Crippen LogP contribution in [0.15, 0.2) is 36.4 Å². The summed E-state index contributed by atoms with van der Waals surface area (Å²) in [4.78, 5) is 26.8. The van der Waals surface area contributed by atoms with Crippen LogP contribution >= 0.6 is 23.2 Å². The minimum Gasteiger partial charge on any atom is -0.494 e. The van der Waals surface area contributed by atoms with Crippen LogP contribution in [0.4, 0.5) is 4.39 Å². The Bertz CT molecular complexity index is 899. The molecule has 0 radical (unpaired) electrons. The van der Waals surface area contributed by atoms with E-state index in [4.69, 9.17) is 27.9 Å². The largest absolute Gasteiger partial charge is 0.494 e. The Balaban J connectivity index is 1.64. The van der Waals surface area contributed by atoms with Crippen molar-refractivity contribution >= 4 is 35.0 Å². The first-order valence-corrected chi connectivity index (χ1v) is 9.54. The van der Waals surface area contributed by atoms with Gasteiger partial charge in [-0.3, -0.25) is 9.59 Å². The van der Waals surface area contributed by atoms with Crippen LogP contribution in [0.3, 0.4) is 0 Å². The van der Waals surface area contributed by atoms with Crippen molar-refractivity contribution in [1.29, 1.82) is 0 Å². The van der Waals surface area contributed by atoms with Crippen LogP contribution in [-0.4, -0.2) is 43.0 Å². The molecule has 1 N–H and O–H groups in total. The van der Waals surface area contributed by atoms with Gasteiger partial charge in [0.15, 0.2) is 5.75 Å². The van der Waals surface area contributed by atoms with Crippen LogP contribution in [0.5, 0.6) is 5.75 Å². The molecule has 1 aliphatic heterocycles. The molecule has 2 aromatic carbocycles. The molecule has 8 heteroatoms. The van der Waals surface area contributed by atoms with E-state index in [1.54, 1.807) is 23.1 Å². The van der Waals surface area contributed by atoms with Gasteiger partial charge in [0.25, 0.3) is 11.8 Å². The van der Waals surface area contributed by atoms with Crippen molar-refractivity contribution in [2.45, 2.75) is 18.9 Å². The second-order valence-electron chi connectivity index (χ2n) is 6.46. The molecule has 5 nitrogen and oxygen atoms in total. The number of carbonyl (C=O) groups excluding carboxylic acids is 2. The van der Waals surface area contributed by atoms with Crippen LogP contribution < -0.4 is 10.1 Å². The van der Waals surface area contributed by atoms with Crippen molar-refractivity contribution in [3.63, 3.8) is 0 Å². The van der Waals surface area contributed by atoms with Gasteiger partial charge in [0.2, 0.25) is 0 Å². The molecule has 1 aliphatic rings. The van der Waals surface area contributed by atoms with E-state index in [1.165, 1.54) is 25.3 Å². The molecule has 1 fully saturated rings. The van der Waals surface area contributed by atoms with Crippen LogP contribution in [0.1, 0.15) is 33.6 Å². The Labute approximate surface area is 172 Å². The number of hydrogen-bond donors (Lipinski definition) is 1. The van der Waals surface area contributed by atoms with Gasteiger partial charge in [-0.05, 0) is 37.1 Å². The summed E-state index contributed by atoms with van der Waals surface area (Å²) in [5, 5.41) is 3.45. The summed E-state index contributed by atoms with van der Waals surface area (Å²) in [6, 6.07) is 8.87. The van der Waals surface area contributed by atoms with Crippen molar-refractivity contribution < 1.29 is 18.7 Å². The van der Waals surface area contributed by atoms with Gasteiger partial charge in [0, 0.05) is 19.1 Å². The zero-order chi connectivity index (χ0) is 20.3. The molecule has 28 heavy (non-hydrogen) atoms. The zero-order valence-electron chi connectivity index (χ0n) is 15.2. The Kier molecular flexibility index (Phi) is 6.42. The SMILES string of the molecule is COc1c(Cl)ccc(Cl)c1C(=O)NC1CCN(C(=O)c2ccccc2F)CC1. The number of methoxy groups -OCH3 is 1. The number of amides is 2. The molecule has 148 valence electrons. The minimum absolute atomic E-state index is 0.0560. The summed E-state index contributed by atoms with van der Waals surface area (Å²) in [7, 11) is 1.42. The van der Waals surface area contributed by atoms with Crippen LogP contribution in [0.2, 0.25) is 10.0 Å². The summed E-state index contributed by atoms with van der Waals surface area (Å²) in [6.45, 7) is 0.830. The van der Waals surface area contributed by atoms with Gasteiger partial charge in [0.05, 0.1) is 22.7 Å². The van der Waals surface area contributed by atoms with Crippen LogP contribution in [-0.2, 0) is 0 Å². The number of carbonyl (C=O) groups is 2. The standard InChI is InChI=1S/C20H19Cl2FN2O3/c1-28-18-15(22)7-6-14(21)17(18)19(26)24-12-8-10-25(11-9-12)20(27)13-4-2-3-5-16(13)23/h2-7,12H,8-11H2,1H3,(H,24,26). The third-order valence-corrected chi connectivity index (χ3v) is 5.32. The molecule has 0 unspecified atom stereocenters. The van der Waals surface area contributed by atoms with Gasteiger partial charge in [-0.15, -0.1) is 0 Å². The number of likely N-dealkylation sites (tertiary alicyclic amines) is 1. The summed E-state index contributed by atoms with van der Waals surface area (Å²) >= 11 is 12.2. The van der Waals surface area contributed by atoms with E-state index < -0.39 is 5.82 Å². The van der Waals surface area contributed by atoms with E-state index in [9.17, 15) is 14.0 Å². The summed E-state index contributed by atoms with van der Waals surface area (Å²) in [6.07, 6.45) is 1.10. The fourth-order valence-corrected chi connectivity index (χ4v) is 3.70. The number of halogens is 3. The maximum Gasteiger partial charge on any atom is 0.256 e. The Morgan fingerprint density at radius 1 is 1.11 bits per heavy atom. The summed E-state index contributed by atoms with van der Waals surface area (Å²) < 4.78 is 19.0. The second-order valence-corrected chi connectivity index (χ2v) is 7.27. The average Bonchev–Trinajstić information content (AvgIpc) is 2.69. The summed E-state index contributed by atoms with van der Waals surface area (Å²) in [5.41, 5.74) is 0.238. The molecular formula is C20H19Cl2FN2O3. The molecule has 3 rings (SSSR count). The third-order valence-electron chi connectivity index (χ3n) is 4.71. The topological polar surface area (TPSA) is 58.6 Å². The van der Waals surface area contributed by atoms with Gasteiger partial charge in [0.1, 0.15) is 11.4 Å². The number of nitrogens with zero attached hydrogens (tertiary/aromatic N) is 1. The van der Waals surface area contributed by atoms with Gasteiger partial charge < -0.3 is 15.0 Å². The first-order valence-electron chi connectivity index (χ1n) is 8.79. The van der Waals surface area contributed by atoms with E-state index in [2.05, 4.69) is 5.32 Å². The van der Waals surface area contributed by atoms with Gasteiger partial charge in [-0.1, -0.05) is 35.3 Å². The van der Waals surface area contributed by atoms with Gasteiger partial charge >= 0.3 is 0 Å². The minimum atomic E-state index is -0.536. The molecule has 0 bridgehead atoms. The number of hydrogen-bond acceptors (Lipinski definition) is 3. The van der Waals surface area contributed by atoms with Crippen LogP contribution in [0, 0.1) is 5.82 Å². The molecule has 1 saturated heterocycles. The highest BCUT2D eigenvalue weighted by atomic mass is 35.5. The molecule has 2 aromatic rings. The van der Waals surface area contributed by atoms with E-state index in [0.717, 1.165) is 0 Å². The van der Waals surface area contributed by atoms with Gasteiger partial charge in [-0.2, -0.15) is 0 Å². The number of benzene rings is 2. The quantitative estimate of drug-likeness (QED) is 0.800. The lowest BCUT2D eigenvalue weighted by Crippen LogP contribution is -2.46. The molecule has 2 amide bonds. The first-order chi connectivity index (χ1) is 13.4. The molecule has 0 saturated carbocycles. The first kappa shape index (κ1) is 20.4. The lowest BCUT2D eigenvalue weighted by molar-refractivity contribution is 0.0693. The van der Waals surface area contributed by atoms with E-state index in [-0.39, 0.29) is 39.8 Å². The lowest BCUT2D eigenvalue weighted by atomic mass is 10.0. The second kappa shape index (κ2) is 8.80. The Morgan fingerprint density at radius 2 is 1.75 bits per heavy atom. The van der Waals surface area contributed by atoms with E-state index >= 15 is 0 Å².